The van der Waals surface area contributed by atoms with Crippen LogP contribution in [0.25, 0.3) is 11.1 Å². The smallest absolute Gasteiger partial charge is 0.223 e. The summed E-state index contributed by atoms with van der Waals surface area (Å²) in [5.74, 6) is 0.822. The van der Waals surface area contributed by atoms with Crippen molar-refractivity contribution in [2.24, 2.45) is 5.92 Å². The summed E-state index contributed by atoms with van der Waals surface area (Å²) < 4.78 is 0. The van der Waals surface area contributed by atoms with Crippen LogP contribution in [-0.2, 0) is 11.3 Å². The molecule has 26 heavy (non-hydrogen) atoms. The quantitative estimate of drug-likeness (QED) is 0.866. The Labute approximate surface area is 155 Å². The highest BCUT2D eigenvalue weighted by atomic mass is 16.2. The molecule has 1 saturated heterocycles. The Bertz CT molecular complexity index is 723. The molecule has 1 amide bonds. The second-order valence-electron chi connectivity index (χ2n) is 7.62. The summed E-state index contributed by atoms with van der Waals surface area (Å²) in [4.78, 5) is 18.6. The average Bonchev–Trinajstić information content (AvgIpc) is 3.33. The van der Waals surface area contributed by atoms with Crippen LogP contribution >= 0.6 is 0 Å². The van der Waals surface area contributed by atoms with Crippen molar-refractivity contribution in [2.45, 2.75) is 44.7 Å². The molecule has 4 heteroatoms. The predicted molar refractivity (Wildman–Crippen MR) is 103 cm³/mol. The third kappa shape index (κ3) is 3.96. The first-order valence-corrected chi connectivity index (χ1v) is 9.79. The number of hydrogen-bond donors (Lipinski definition) is 1. The van der Waals surface area contributed by atoms with Crippen molar-refractivity contribution in [1.82, 2.24) is 15.2 Å². The second-order valence-corrected chi connectivity index (χ2v) is 7.62. The van der Waals surface area contributed by atoms with Crippen molar-refractivity contribution in [1.29, 1.82) is 0 Å². The Balaban J connectivity index is 1.25. The van der Waals surface area contributed by atoms with Gasteiger partial charge in [-0.15, -0.1) is 0 Å². The van der Waals surface area contributed by atoms with Crippen molar-refractivity contribution in [3.8, 4) is 11.1 Å². The van der Waals surface area contributed by atoms with E-state index in [2.05, 4.69) is 45.5 Å². The molecule has 2 aliphatic rings. The van der Waals surface area contributed by atoms with Gasteiger partial charge in [0.05, 0.1) is 0 Å². The number of rotatable bonds is 6. The van der Waals surface area contributed by atoms with Crippen LogP contribution in [0.2, 0.25) is 0 Å². The molecule has 1 unspecified atom stereocenters. The number of carbonyl (C=O) groups excluding carboxylic acids is 1. The van der Waals surface area contributed by atoms with Gasteiger partial charge in [-0.1, -0.05) is 43.2 Å². The van der Waals surface area contributed by atoms with Crippen molar-refractivity contribution in [3.05, 3.63) is 54.4 Å². The molecule has 1 N–H and O–H groups in total. The molecule has 1 aliphatic heterocycles. The van der Waals surface area contributed by atoms with Gasteiger partial charge in [-0.25, -0.2) is 0 Å². The van der Waals surface area contributed by atoms with E-state index in [1.165, 1.54) is 36.8 Å². The monoisotopic (exact) mass is 349 g/mol. The molecule has 0 radical (unpaired) electrons. The van der Waals surface area contributed by atoms with Crippen LogP contribution in [0.1, 0.15) is 37.7 Å². The molecule has 0 bridgehead atoms. The zero-order valence-corrected chi connectivity index (χ0v) is 15.2. The number of nitrogens with one attached hydrogen (secondary N) is 1. The van der Waals surface area contributed by atoms with Gasteiger partial charge in [0, 0.05) is 44.5 Å². The van der Waals surface area contributed by atoms with E-state index < -0.39 is 0 Å². The first kappa shape index (κ1) is 17.2. The molecule has 4 rings (SSSR count). The molecule has 1 aromatic carbocycles. The fraction of sp³-hybridized carbons (Fsp3) is 0.455. The second kappa shape index (κ2) is 8.00. The van der Waals surface area contributed by atoms with E-state index in [1.807, 2.05) is 12.3 Å². The van der Waals surface area contributed by atoms with E-state index in [9.17, 15) is 4.79 Å². The highest BCUT2D eigenvalue weighted by Crippen LogP contribution is 2.29. The van der Waals surface area contributed by atoms with Crippen LogP contribution in [0.3, 0.4) is 0 Å². The number of hydrogen-bond acceptors (Lipinski definition) is 3. The topological polar surface area (TPSA) is 45.2 Å². The lowest BCUT2D eigenvalue weighted by atomic mass is 10.1. The summed E-state index contributed by atoms with van der Waals surface area (Å²) in [6.07, 6.45) is 9.37. The van der Waals surface area contributed by atoms with Crippen LogP contribution < -0.4 is 5.32 Å². The molecule has 2 aromatic rings. The van der Waals surface area contributed by atoms with Crippen LogP contribution in [0.5, 0.6) is 0 Å². The summed E-state index contributed by atoms with van der Waals surface area (Å²) in [6.45, 7) is 2.71. The lowest BCUT2D eigenvalue weighted by Crippen LogP contribution is -2.35. The van der Waals surface area contributed by atoms with Crippen molar-refractivity contribution in [3.63, 3.8) is 0 Å². The maximum atomic E-state index is 12.3. The number of carbonyl (C=O) groups is 1. The number of nitrogens with zero attached hydrogens (tertiary/aromatic N) is 2. The normalized spacial score (nSPS) is 20.8. The molecular formula is C22H27N3O. The number of pyridine rings is 1. The van der Waals surface area contributed by atoms with Crippen molar-refractivity contribution < 1.29 is 4.79 Å². The maximum absolute atomic E-state index is 12.3. The van der Waals surface area contributed by atoms with Crippen LogP contribution in [-0.4, -0.2) is 34.9 Å². The Morgan fingerprint density at radius 2 is 1.88 bits per heavy atom. The summed E-state index contributed by atoms with van der Waals surface area (Å²) >= 11 is 0. The molecule has 136 valence electrons. The first-order chi connectivity index (χ1) is 12.8. The van der Waals surface area contributed by atoms with Crippen LogP contribution in [0.4, 0.5) is 0 Å². The predicted octanol–water partition coefficient (Wildman–Crippen LogP) is 3.63. The number of aromatic nitrogens is 1. The Morgan fingerprint density at radius 3 is 2.62 bits per heavy atom. The number of amides is 1. The summed E-state index contributed by atoms with van der Waals surface area (Å²) in [7, 11) is 0. The van der Waals surface area contributed by atoms with Crippen LogP contribution in [0.15, 0.2) is 48.8 Å². The fourth-order valence-electron chi connectivity index (χ4n) is 4.28. The van der Waals surface area contributed by atoms with Crippen molar-refractivity contribution in [2.75, 3.05) is 13.1 Å². The summed E-state index contributed by atoms with van der Waals surface area (Å²) in [6, 6.07) is 13.2. The number of benzene rings is 1. The van der Waals surface area contributed by atoms with Gasteiger partial charge in [0.25, 0.3) is 0 Å². The zero-order chi connectivity index (χ0) is 17.8. The van der Waals surface area contributed by atoms with E-state index in [1.54, 1.807) is 6.20 Å². The van der Waals surface area contributed by atoms with Gasteiger partial charge >= 0.3 is 0 Å². The standard InChI is InChI=1S/C22H27N3O/c26-22-12-18(16-25(22)21-5-1-2-6-21)14-24-13-17-7-9-19(10-8-17)20-4-3-11-23-15-20/h3-4,7-11,15,18,21,24H,1-2,5-6,12-14,16H2. The van der Waals surface area contributed by atoms with Gasteiger partial charge in [0.1, 0.15) is 0 Å². The molecule has 1 aromatic heterocycles. The van der Waals surface area contributed by atoms with Gasteiger partial charge < -0.3 is 10.2 Å². The highest BCUT2D eigenvalue weighted by Gasteiger charge is 2.34. The largest absolute Gasteiger partial charge is 0.339 e. The number of likely N-dealkylation sites (tertiary alicyclic amines) is 1. The lowest BCUT2D eigenvalue weighted by Gasteiger charge is -2.24. The first-order valence-electron chi connectivity index (χ1n) is 9.79. The highest BCUT2D eigenvalue weighted by molar-refractivity contribution is 5.79. The molecule has 2 fully saturated rings. The van der Waals surface area contributed by atoms with Gasteiger partial charge in [0.2, 0.25) is 5.91 Å². The van der Waals surface area contributed by atoms with Crippen molar-refractivity contribution >= 4 is 5.91 Å². The maximum Gasteiger partial charge on any atom is 0.223 e. The van der Waals surface area contributed by atoms with E-state index >= 15 is 0 Å². The van der Waals surface area contributed by atoms with E-state index in [4.69, 9.17) is 0 Å². The van der Waals surface area contributed by atoms with Gasteiger partial charge in [-0.05, 0) is 41.5 Å². The third-order valence-electron chi connectivity index (χ3n) is 5.71. The molecule has 1 aliphatic carbocycles. The molecular weight excluding hydrogens is 322 g/mol. The zero-order valence-electron chi connectivity index (χ0n) is 15.2. The van der Waals surface area contributed by atoms with Gasteiger partial charge in [-0.3, -0.25) is 9.78 Å². The molecule has 4 nitrogen and oxygen atoms in total. The van der Waals surface area contributed by atoms with E-state index in [-0.39, 0.29) is 0 Å². The minimum Gasteiger partial charge on any atom is -0.339 e. The third-order valence-corrected chi connectivity index (χ3v) is 5.71. The van der Waals surface area contributed by atoms with Crippen LogP contribution in [0, 0.1) is 5.92 Å². The molecule has 1 atom stereocenters. The summed E-state index contributed by atoms with van der Waals surface area (Å²) in [5.41, 5.74) is 3.61. The fourth-order valence-corrected chi connectivity index (χ4v) is 4.28. The lowest BCUT2D eigenvalue weighted by molar-refractivity contribution is -0.129. The Morgan fingerprint density at radius 1 is 1.08 bits per heavy atom. The SMILES string of the molecule is O=C1CC(CNCc2ccc(-c3cccnc3)cc2)CN1C1CCCC1. The Kier molecular flexibility index (Phi) is 5.30. The minimum atomic E-state index is 0.365. The van der Waals surface area contributed by atoms with Gasteiger partial charge in [0.15, 0.2) is 0 Å². The summed E-state index contributed by atoms with van der Waals surface area (Å²) in [5, 5.41) is 3.54. The average molecular weight is 349 g/mol. The Hall–Kier alpha value is -2.20. The molecule has 0 spiro atoms. The van der Waals surface area contributed by atoms with E-state index in [0.29, 0.717) is 24.3 Å². The molecule has 1 saturated carbocycles. The van der Waals surface area contributed by atoms with Gasteiger partial charge in [-0.2, -0.15) is 0 Å². The molecule has 2 heterocycles. The van der Waals surface area contributed by atoms with E-state index in [0.717, 1.165) is 25.2 Å². The minimum absolute atomic E-state index is 0.365.